The second-order valence-corrected chi connectivity index (χ2v) is 7.67. The molecule has 2 rings (SSSR count). The topological polar surface area (TPSA) is 46.2 Å². The van der Waals surface area contributed by atoms with E-state index in [9.17, 15) is 8.42 Å². The van der Waals surface area contributed by atoms with Crippen molar-refractivity contribution in [3.63, 3.8) is 0 Å². The lowest BCUT2D eigenvalue weighted by Gasteiger charge is -2.21. The SMILES string of the molecule is O=S(=O)(CC1CCCCC1)Nc1ccc(CCCl)cc1. The molecule has 0 radical (unpaired) electrons. The van der Waals surface area contributed by atoms with E-state index in [1.54, 1.807) is 12.1 Å². The van der Waals surface area contributed by atoms with Gasteiger partial charge in [0.05, 0.1) is 5.75 Å². The van der Waals surface area contributed by atoms with Gasteiger partial charge in [0.1, 0.15) is 0 Å². The van der Waals surface area contributed by atoms with Crippen molar-refractivity contribution in [2.45, 2.75) is 38.5 Å². The average molecular weight is 316 g/mol. The van der Waals surface area contributed by atoms with E-state index < -0.39 is 10.0 Å². The van der Waals surface area contributed by atoms with Gasteiger partial charge >= 0.3 is 0 Å². The molecule has 1 saturated carbocycles. The van der Waals surface area contributed by atoms with E-state index in [4.69, 9.17) is 11.6 Å². The molecular formula is C15H22ClNO2S. The number of alkyl halides is 1. The molecular weight excluding hydrogens is 294 g/mol. The third-order valence-electron chi connectivity index (χ3n) is 3.79. The summed E-state index contributed by atoms with van der Waals surface area (Å²) < 4.78 is 27.0. The molecule has 1 fully saturated rings. The maximum Gasteiger partial charge on any atom is 0.232 e. The summed E-state index contributed by atoms with van der Waals surface area (Å²) in [6, 6.07) is 7.45. The molecule has 0 spiro atoms. The van der Waals surface area contributed by atoms with Crippen LogP contribution >= 0.6 is 11.6 Å². The molecule has 20 heavy (non-hydrogen) atoms. The van der Waals surface area contributed by atoms with Crippen molar-refractivity contribution in [1.29, 1.82) is 0 Å². The number of anilines is 1. The molecule has 0 heterocycles. The molecule has 5 heteroatoms. The van der Waals surface area contributed by atoms with Crippen LogP contribution in [0.4, 0.5) is 5.69 Å². The lowest BCUT2D eigenvalue weighted by atomic mass is 9.91. The number of aryl methyl sites for hydroxylation is 1. The van der Waals surface area contributed by atoms with Gasteiger partial charge in [-0.1, -0.05) is 31.4 Å². The Hall–Kier alpha value is -0.740. The zero-order valence-corrected chi connectivity index (χ0v) is 13.2. The molecule has 0 amide bonds. The number of sulfonamides is 1. The van der Waals surface area contributed by atoms with E-state index in [-0.39, 0.29) is 5.75 Å². The van der Waals surface area contributed by atoms with Crippen LogP contribution in [0.2, 0.25) is 0 Å². The Labute approximate surface area is 126 Å². The van der Waals surface area contributed by atoms with Crippen LogP contribution in [0.3, 0.4) is 0 Å². The van der Waals surface area contributed by atoms with Gasteiger partial charge in [0.2, 0.25) is 10.0 Å². The Morgan fingerprint density at radius 2 is 1.75 bits per heavy atom. The van der Waals surface area contributed by atoms with Gasteiger partial charge in [-0.15, -0.1) is 11.6 Å². The first-order chi connectivity index (χ1) is 9.59. The summed E-state index contributed by atoms with van der Waals surface area (Å²) in [5, 5.41) is 0. The number of nitrogens with one attached hydrogen (secondary N) is 1. The second-order valence-electron chi connectivity index (χ2n) is 5.52. The third-order valence-corrected chi connectivity index (χ3v) is 5.44. The third kappa shape index (κ3) is 4.98. The zero-order valence-electron chi connectivity index (χ0n) is 11.6. The quantitative estimate of drug-likeness (QED) is 0.812. The van der Waals surface area contributed by atoms with E-state index >= 15 is 0 Å². The molecule has 112 valence electrons. The lowest BCUT2D eigenvalue weighted by molar-refractivity contribution is 0.385. The van der Waals surface area contributed by atoms with Crippen molar-refractivity contribution < 1.29 is 8.42 Å². The summed E-state index contributed by atoms with van der Waals surface area (Å²) in [6.07, 6.45) is 6.44. The van der Waals surface area contributed by atoms with Crippen molar-refractivity contribution in [2.24, 2.45) is 5.92 Å². The Morgan fingerprint density at radius 3 is 2.35 bits per heavy atom. The van der Waals surface area contributed by atoms with Crippen LogP contribution in [0, 0.1) is 5.92 Å². The van der Waals surface area contributed by atoms with Gasteiger partial charge in [0, 0.05) is 11.6 Å². The molecule has 1 aromatic carbocycles. The van der Waals surface area contributed by atoms with Gasteiger partial charge in [0.15, 0.2) is 0 Å². The lowest BCUT2D eigenvalue weighted by Crippen LogP contribution is -2.24. The van der Waals surface area contributed by atoms with Crippen molar-refractivity contribution in [2.75, 3.05) is 16.4 Å². The smallest absolute Gasteiger partial charge is 0.232 e. The van der Waals surface area contributed by atoms with Gasteiger partial charge < -0.3 is 0 Å². The van der Waals surface area contributed by atoms with Crippen molar-refractivity contribution in [3.05, 3.63) is 29.8 Å². The van der Waals surface area contributed by atoms with E-state index in [2.05, 4.69) is 4.72 Å². The van der Waals surface area contributed by atoms with Crippen LogP contribution in [0.1, 0.15) is 37.7 Å². The van der Waals surface area contributed by atoms with Gasteiger partial charge in [-0.25, -0.2) is 8.42 Å². The van der Waals surface area contributed by atoms with E-state index in [0.717, 1.165) is 37.7 Å². The van der Waals surface area contributed by atoms with Gasteiger partial charge in [0.25, 0.3) is 0 Å². The number of rotatable bonds is 6. The van der Waals surface area contributed by atoms with Crippen LogP contribution in [0.5, 0.6) is 0 Å². The summed E-state index contributed by atoms with van der Waals surface area (Å²) in [6.45, 7) is 0. The van der Waals surface area contributed by atoms with Gasteiger partial charge in [-0.2, -0.15) is 0 Å². The molecule has 0 unspecified atom stereocenters. The normalized spacial score (nSPS) is 17.1. The Bertz CT molecular complexity index is 507. The summed E-state index contributed by atoms with van der Waals surface area (Å²) >= 11 is 5.68. The summed E-state index contributed by atoms with van der Waals surface area (Å²) in [5.74, 6) is 1.14. The average Bonchev–Trinajstić information content (AvgIpc) is 2.41. The van der Waals surface area contributed by atoms with Crippen molar-refractivity contribution in [1.82, 2.24) is 0 Å². The van der Waals surface area contributed by atoms with Crippen molar-refractivity contribution >= 4 is 27.3 Å². The minimum Gasteiger partial charge on any atom is -0.284 e. The molecule has 3 nitrogen and oxygen atoms in total. The van der Waals surface area contributed by atoms with Crippen LogP contribution in [0.15, 0.2) is 24.3 Å². The molecule has 0 saturated heterocycles. The number of halogens is 1. The molecule has 1 aromatic rings. The fourth-order valence-electron chi connectivity index (χ4n) is 2.73. The zero-order chi connectivity index (χ0) is 14.4. The Morgan fingerprint density at radius 1 is 1.10 bits per heavy atom. The molecule has 0 atom stereocenters. The highest BCUT2D eigenvalue weighted by Gasteiger charge is 2.21. The Kier molecular flexibility index (Phi) is 5.73. The number of hydrogen-bond acceptors (Lipinski definition) is 2. The highest BCUT2D eigenvalue weighted by molar-refractivity contribution is 7.92. The molecule has 1 aliphatic rings. The summed E-state index contributed by atoms with van der Waals surface area (Å²) in [4.78, 5) is 0. The van der Waals surface area contributed by atoms with E-state index in [1.807, 2.05) is 12.1 Å². The summed E-state index contributed by atoms with van der Waals surface area (Å²) in [7, 11) is -3.24. The first-order valence-electron chi connectivity index (χ1n) is 7.24. The fourth-order valence-corrected chi connectivity index (χ4v) is 4.48. The highest BCUT2D eigenvalue weighted by Crippen LogP contribution is 2.25. The molecule has 0 bridgehead atoms. The standard InChI is InChI=1S/C15H22ClNO2S/c16-11-10-13-6-8-15(9-7-13)17-20(18,19)12-14-4-2-1-3-5-14/h6-9,14,17H,1-5,10-12H2. The molecule has 0 aliphatic heterocycles. The van der Waals surface area contributed by atoms with Crippen LogP contribution in [-0.2, 0) is 16.4 Å². The first kappa shape index (κ1) is 15.6. The molecule has 0 aromatic heterocycles. The second kappa shape index (κ2) is 7.32. The van der Waals surface area contributed by atoms with E-state index in [1.165, 1.54) is 6.42 Å². The predicted molar refractivity (Wildman–Crippen MR) is 84.9 cm³/mol. The van der Waals surface area contributed by atoms with Crippen molar-refractivity contribution in [3.8, 4) is 0 Å². The predicted octanol–water partition coefficient (Wildman–Crippen LogP) is 3.79. The minimum atomic E-state index is -3.24. The fraction of sp³-hybridized carbons (Fsp3) is 0.600. The number of benzene rings is 1. The highest BCUT2D eigenvalue weighted by atomic mass is 35.5. The monoisotopic (exact) mass is 315 g/mol. The summed E-state index contributed by atoms with van der Waals surface area (Å²) in [5.41, 5.74) is 1.76. The minimum absolute atomic E-state index is 0.246. The molecule has 1 aliphatic carbocycles. The Balaban J connectivity index is 1.93. The van der Waals surface area contributed by atoms with Gasteiger partial charge in [-0.05, 0) is 42.9 Å². The maximum atomic E-state index is 12.1. The van der Waals surface area contributed by atoms with Crippen LogP contribution < -0.4 is 4.72 Å². The maximum absolute atomic E-state index is 12.1. The van der Waals surface area contributed by atoms with Crippen LogP contribution in [-0.4, -0.2) is 20.1 Å². The first-order valence-corrected chi connectivity index (χ1v) is 9.43. The molecule has 1 N–H and O–H groups in total. The number of hydrogen-bond donors (Lipinski definition) is 1. The van der Waals surface area contributed by atoms with Gasteiger partial charge in [-0.3, -0.25) is 4.72 Å². The largest absolute Gasteiger partial charge is 0.284 e. The van der Waals surface area contributed by atoms with Crippen LogP contribution in [0.25, 0.3) is 0 Å². The van der Waals surface area contributed by atoms with E-state index in [0.29, 0.717) is 17.5 Å².